The predicted molar refractivity (Wildman–Crippen MR) is 86.4 cm³/mol. The Hall–Kier alpha value is -1.81. The first-order valence-electron chi connectivity index (χ1n) is 7.84. The average Bonchev–Trinajstić information content (AvgIpc) is 2.89. The van der Waals surface area contributed by atoms with E-state index in [4.69, 9.17) is 9.15 Å². The van der Waals surface area contributed by atoms with Crippen molar-refractivity contribution in [1.82, 2.24) is 4.90 Å². The summed E-state index contributed by atoms with van der Waals surface area (Å²) in [5.41, 5.74) is 4.02. The summed E-state index contributed by atoms with van der Waals surface area (Å²) in [5.74, 6) is 0.491. The molecule has 0 unspecified atom stereocenters. The summed E-state index contributed by atoms with van der Waals surface area (Å²) in [5, 5.41) is 1.08. The number of fused-ring (bicyclic) bond motifs is 1. The summed E-state index contributed by atoms with van der Waals surface area (Å²) in [4.78, 5) is 14.7. The van der Waals surface area contributed by atoms with E-state index >= 15 is 0 Å². The summed E-state index contributed by atoms with van der Waals surface area (Å²) in [6.07, 6.45) is 2.05. The van der Waals surface area contributed by atoms with Crippen molar-refractivity contribution in [1.29, 1.82) is 0 Å². The average molecular weight is 301 g/mol. The molecule has 3 rings (SSSR count). The number of ether oxygens (including phenoxy) is 1. The number of likely N-dealkylation sites (tertiary alicyclic amines) is 1. The lowest BCUT2D eigenvalue weighted by Crippen LogP contribution is -2.40. The van der Waals surface area contributed by atoms with Crippen LogP contribution in [0.2, 0.25) is 0 Å². The highest BCUT2D eigenvalue weighted by molar-refractivity contribution is 6.00. The van der Waals surface area contributed by atoms with Crippen LogP contribution < -0.4 is 0 Å². The van der Waals surface area contributed by atoms with Gasteiger partial charge in [-0.25, -0.2) is 0 Å². The van der Waals surface area contributed by atoms with Crippen LogP contribution in [0.25, 0.3) is 11.0 Å². The first-order chi connectivity index (χ1) is 10.5. The molecule has 2 aromatic rings. The first-order valence-corrected chi connectivity index (χ1v) is 7.84. The van der Waals surface area contributed by atoms with E-state index in [1.807, 2.05) is 24.8 Å². The lowest BCUT2D eigenvalue weighted by molar-refractivity contribution is 0.0335. The molecule has 4 heteroatoms. The van der Waals surface area contributed by atoms with Crippen molar-refractivity contribution in [2.45, 2.75) is 39.7 Å². The summed E-state index contributed by atoms with van der Waals surface area (Å²) in [6, 6.07) is 4.12. The third-order valence-electron chi connectivity index (χ3n) is 4.74. The summed E-state index contributed by atoms with van der Waals surface area (Å²) < 4.78 is 11.3. The van der Waals surface area contributed by atoms with Crippen molar-refractivity contribution in [2.24, 2.45) is 0 Å². The molecule has 0 saturated carbocycles. The molecule has 1 amide bonds. The van der Waals surface area contributed by atoms with Gasteiger partial charge in [-0.3, -0.25) is 4.79 Å². The van der Waals surface area contributed by atoms with Crippen LogP contribution in [-0.4, -0.2) is 37.1 Å². The third kappa shape index (κ3) is 2.41. The van der Waals surface area contributed by atoms with Gasteiger partial charge in [0.15, 0.2) is 5.76 Å². The molecular formula is C18H23NO3. The van der Waals surface area contributed by atoms with E-state index < -0.39 is 0 Å². The van der Waals surface area contributed by atoms with Gasteiger partial charge in [0, 0.05) is 31.1 Å². The van der Waals surface area contributed by atoms with Crippen LogP contribution in [0.3, 0.4) is 0 Å². The van der Waals surface area contributed by atoms with Crippen LogP contribution in [0.15, 0.2) is 16.5 Å². The van der Waals surface area contributed by atoms with Gasteiger partial charge < -0.3 is 14.1 Å². The highest BCUT2D eigenvalue weighted by atomic mass is 16.5. The molecule has 0 N–H and O–H groups in total. The van der Waals surface area contributed by atoms with E-state index in [9.17, 15) is 4.79 Å². The van der Waals surface area contributed by atoms with Crippen LogP contribution in [-0.2, 0) is 4.74 Å². The molecule has 118 valence electrons. The number of rotatable bonds is 2. The quantitative estimate of drug-likeness (QED) is 0.851. The molecule has 0 bridgehead atoms. The Bertz CT molecular complexity index is 709. The SMILES string of the molecule is COC1CCN(C(=O)c2oc3c(C)ccc(C)c3c2C)CC1. The summed E-state index contributed by atoms with van der Waals surface area (Å²) in [7, 11) is 1.73. The zero-order valence-electron chi connectivity index (χ0n) is 13.7. The Balaban J connectivity index is 1.94. The molecule has 0 spiro atoms. The van der Waals surface area contributed by atoms with Gasteiger partial charge in [0.05, 0.1) is 6.10 Å². The lowest BCUT2D eigenvalue weighted by Gasteiger charge is -2.30. The van der Waals surface area contributed by atoms with Crippen LogP contribution in [0.1, 0.15) is 40.1 Å². The smallest absolute Gasteiger partial charge is 0.289 e. The maximum absolute atomic E-state index is 12.8. The topological polar surface area (TPSA) is 42.7 Å². The zero-order chi connectivity index (χ0) is 15.9. The van der Waals surface area contributed by atoms with Crippen LogP contribution in [0.5, 0.6) is 0 Å². The Morgan fingerprint density at radius 2 is 1.82 bits per heavy atom. The molecule has 1 aromatic heterocycles. The number of carbonyl (C=O) groups is 1. The molecule has 1 aromatic carbocycles. The number of methoxy groups -OCH3 is 1. The predicted octanol–water partition coefficient (Wildman–Crippen LogP) is 3.61. The number of nitrogens with zero attached hydrogens (tertiary/aromatic N) is 1. The molecule has 4 nitrogen and oxygen atoms in total. The van der Waals surface area contributed by atoms with Crippen molar-refractivity contribution >= 4 is 16.9 Å². The maximum atomic E-state index is 12.8. The molecular weight excluding hydrogens is 278 g/mol. The minimum Gasteiger partial charge on any atom is -0.450 e. The number of piperidine rings is 1. The van der Waals surface area contributed by atoms with Crippen LogP contribution in [0, 0.1) is 20.8 Å². The fourth-order valence-corrected chi connectivity index (χ4v) is 3.32. The standard InChI is InChI=1S/C18H23NO3/c1-11-5-6-12(2)16-15(11)13(3)17(22-16)18(20)19-9-7-14(21-4)8-10-19/h5-6,14H,7-10H2,1-4H3. The number of benzene rings is 1. The fourth-order valence-electron chi connectivity index (χ4n) is 3.32. The number of hydrogen-bond donors (Lipinski definition) is 0. The van der Waals surface area contributed by atoms with E-state index in [2.05, 4.69) is 13.0 Å². The molecule has 22 heavy (non-hydrogen) atoms. The van der Waals surface area contributed by atoms with Gasteiger partial charge in [0.25, 0.3) is 5.91 Å². The Kier molecular flexibility index (Phi) is 3.96. The Morgan fingerprint density at radius 3 is 2.41 bits per heavy atom. The molecule has 0 radical (unpaired) electrons. The first kappa shape index (κ1) is 15.1. The zero-order valence-corrected chi connectivity index (χ0v) is 13.7. The van der Waals surface area contributed by atoms with E-state index in [-0.39, 0.29) is 12.0 Å². The van der Waals surface area contributed by atoms with Crippen molar-refractivity contribution in [3.8, 4) is 0 Å². The van der Waals surface area contributed by atoms with Gasteiger partial charge in [-0.15, -0.1) is 0 Å². The van der Waals surface area contributed by atoms with Crippen molar-refractivity contribution in [2.75, 3.05) is 20.2 Å². The van der Waals surface area contributed by atoms with E-state index in [0.717, 1.165) is 53.6 Å². The van der Waals surface area contributed by atoms with Gasteiger partial charge >= 0.3 is 0 Å². The highest BCUT2D eigenvalue weighted by Gasteiger charge is 2.28. The summed E-state index contributed by atoms with van der Waals surface area (Å²) in [6.45, 7) is 7.51. The van der Waals surface area contributed by atoms with Gasteiger partial charge in [-0.1, -0.05) is 12.1 Å². The number of carbonyl (C=O) groups excluding carboxylic acids is 1. The number of hydrogen-bond acceptors (Lipinski definition) is 3. The van der Waals surface area contributed by atoms with E-state index in [1.165, 1.54) is 0 Å². The van der Waals surface area contributed by atoms with Gasteiger partial charge in [0.2, 0.25) is 0 Å². The normalized spacial score (nSPS) is 16.5. The summed E-state index contributed by atoms with van der Waals surface area (Å²) >= 11 is 0. The number of amides is 1. The monoisotopic (exact) mass is 301 g/mol. The van der Waals surface area contributed by atoms with Crippen molar-refractivity contribution < 1.29 is 13.9 Å². The highest BCUT2D eigenvalue weighted by Crippen LogP contribution is 2.31. The molecule has 2 heterocycles. The molecule has 0 atom stereocenters. The number of aryl methyl sites for hydroxylation is 3. The second-order valence-electron chi connectivity index (χ2n) is 6.19. The minimum absolute atomic E-state index is 0.00190. The molecule has 0 aliphatic carbocycles. The second kappa shape index (κ2) is 5.76. The number of furan rings is 1. The molecule has 1 saturated heterocycles. The lowest BCUT2D eigenvalue weighted by atomic mass is 10.0. The van der Waals surface area contributed by atoms with Gasteiger partial charge in [0.1, 0.15) is 5.58 Å². The Labute approximate surface area is 131 Å². The largest absolute Gasteiger partial charge is 0.450 e. The van der Waals surface area contributed by atoms with Crippen molar-refractivity contribution in [3.05, 3.63) is 34.6 Å². The van der Waals surface area contributed by atoms with Gasteiger partial charge in [-0.2, -0.15) is 0 Å². The van der Waals surface area contributed by atoms with Crippen LogP contribution in [0.4, 0.5) is 0 Å². The van der Waals surface area contributed by atoms with E-state index in [1.54, 1.807) is 7.11 Å². The third-order valence-corrected chi connectivity index (χ3v) is 4.74. The maximum Gasteiger partial charge on any atom is 0.289 e. The minimum atomic E-state index is 0.00190. The molecule has 1 aliphatic heterocycles. The van der Waals surface area contributed by atoms with Crippen LogP contribution >= 0.6 is 0 Å². The Morgan fingerprint density at radius 1 is 1.18 bits per heavy atom. The van der Waals surface area contributed by atoms with Gasteiger partial charge in [-0.05, 0) is 44.7 Å². The second-order valence-corrected chi connectivity index (χ2v) is 6.19. The molecule has 1 aliphatic rings. The fraction of sp³-hybridized carbons (Fsp3) is 0.500. The van der Waals surface area contributed by atoms with E-state index in [0.29, 0.717) is 5.76 Å². The van der Waals surface area contributed by atoms with Crippen molar-refractivity contribution in [3.63, 3.8) is 0 Å². The molecule has 1 fully saturated rings.